The maximum Gasteiger partial charge on any atom is 0.231 e. The standard InChI is InChI=1S/C24H24FN5OS/c1-16-7-8-20(13-17(16)2)30-12-10-27-24(30)32-15-21(31)28-22(23-26-9-11-29(23)3)18-5-4-6-19(25)14-18/h4-14,22H,15H2,1-3H3,(H,28,31)/t22-/m1/s1. The van der Waals surface area contributed by atoms with Crippen LogP contribution >= 0.6 is 11.8 Å². The minimum Gasteiger partial charge on any atom is -0.341 e. The molecule has 4 aromatic rings. The number of imidazole rings is 2. The summed E-state index contributed by atoms with van der Waals surface area (Å²) in [6.45, 7) is 4.14. The zero-order valence-corrected chi connectivity index (χ0v) is 18.9. The number of carbonyl (C=O) groups is 1. The fraction of sp³-hybridized carbons (Fsp3) is 0.208. The summed E-state index contributed by atoms with van der Waals surface area (Å²) >= 11 is 1.35. The number of nitrogens with one attached hydrogen (secondary N) is 1. The number of rotatable bonds is 7. The van der Waals surface area contributed by atoms with Gasteiger partial charge in [0.15, 0.2) is 5.16 Å². The topological polar surface area (TPSA) is 64.7 Å². The smallest absolute Gasteiger partial charge is 0.231 e. The van der Waals surface area contributed by atoms with Crippen LogP contribution in [0.3, 0.4) is 0 Å². The van der Waals surface area contributed by atoms with Crippen molar-refractivity contribution in [3.63, 3.8) is 0 Å². The van der Waals surface area contributed by atoms with Gasteiger partial charge < -0.3 is 9.88 Å². The maximum absolute atomic E-state index is 13.8. The van der Waals surface area contributed by atoms with Crippen molar-refractivity contribution in [3.05, 3.63) is 95.6 Å². The molecule has 0 aliphatic carbocycles. The van der Waals surface area contributed by atoms with E-state index in [0.29, 0.717) is 11.4 Å². The number of halogens is 1. The predicted molar refractivity (Wildman–Crippen MR) is 123 cm³/mol. The normalized spacial score (nSPS) is 12.0. The van der Waals surface area contributed by atoms with Crippen LogP contribution in [-0.2, 0) is 11.8 Å². The van der Waals surface area contributed by atoms with Gasteiger partial charge in [-0.15, -0.1) is 0 Å². The van der Waals surface area contributed by atoms with Gasteiger partial charge in [0, 0.05) is 37.5 Å². The molecule has 0 spiro atoms. The van der Waals surface area contributed by atoms with Crippen LogP contribution in [0.5, 0.6) is 0 Å². The molecule has 1 atom stereocenters. The van der Waals surface area contributed by atoms with Gasteiger partial charge in [0.2, 0.25) is 5.91 Å². The lowest BCUT2D eigenvalue weighted by Crippen LogP contribution is -2.32. The Kier molecular flexibility index (Phi) is 6.41. The molecule has 0 aliphatic rings. The molecule has 0 aliphatic heterocycles. The van der Waals surface area contributed by atoms with Crippen LogP contribution in [0, 0.1) is 19.7 Å². The summed E-state index contributed by atoms with van der Waals surface area (Å²) in [6.07, 6.45) is 7.05. The van der Waals surface area contributed by atoms with Crippen LogP contribution in [0.25, 0.3) is 5.69 Å². The van der Waals surface area contributed by atoms with Crippen molar-refractivity contribution in [2.75, 3.05) is 5.75 Å². The molecular formula is C24H24FN5OS. The van der Waals surface area contributed by atoms with E-state index >= 15 is 0 Å². The van der Waals surface area contributed by atoms with Crippen molar-refractivity contribution in [3.8, 4) is 5.69 Å². The van der Waals surface area contributed by atoms with Gasteiger partial charge in [-0.1, -0.05) is 30.0 Å². The first-order valence-electron chi connectivity index (χ1n) is 10.2. The van der Waals surface area contributed by atoms with Crippen LogP contribution in [0.2, 0.25) is 0 Å². The summed E-state index contributed by atoms with van der Waals surface area (Å²) in [7, 11) is 1.84. The lowest BCUT2D eigenvalue weighted by molar-refractivity contribution is -0.119. The van der Waals surface area contributed by atoms with Crippen molar-refractivity contribution in [2.45, 2.75) is 25.0 Å². The highest BCUT2D eigenvalue weighted by molar-refractivity contribution is 7.99. The number of thioether (sulfide) groups is 1. The van der Waals surface area contributed by atoms with E-state index in [1.165, 1.54) is 35.0 Å². The van der Waals surface area contributed by atoms with Gasteiger partial charge >= 0.3 is 0 Å². The summed E-state index contributed by atoms with van der Waals surface area (Å²) in [4.78, 5) is 21.6. The third kappa shape index (κ3) is 4.75. The molecule has 32 heavy (non-hydrogen) atoms. The van der Waals surface area contributed by atoms with Gasteiger partial charge in [0.25, 0.3) is 0 Å². The highest BCUT2D eigenvalue weighted by Crippen LogP contribution is 2.24. The molecule has 164 valence electrons. The van der Waals surface area contributed by atoms with Crippen molar-refractivity contribution in [1.82, 2.24) is 24.4 Å². The maximum atomic E-state index is 13.8. The number of carbonyl (C=O) groups excluding carboxylic acids is 1. The third-order valence-electron chi connectivity index (χ3n) is 5.31. The zero-order valence-electron chi connectivity index (χ0n) is 18.1. The van der Waals surface area contributed by atoms with E-state index in [9.17, 15) is 9.18 Å². The fourth-order valence-corrected chi connectivity index (χ4v) is 4.22. The monoisotopic (exact) mass is 449 g/mol. The summed E-state index contributed by atoms with van der Waals surface area (Å²) in [5.41, 5.74) is 4.05. The molecular weight excluding hydrogens is 425 g/mol. The van der Waals surface area contributed by atoms with Crippen LogP contribution in [0.1, 0.15) is 28.6 Å². The van der Waals surface area contributed by atoms with E-state index in [2.05, 4.69) is 41.3 Å². The Morgan fingerprint density at radius 1 is 1.09 bits per heavy atom. The summed E-state index contributed by atoms with van der Waals surface area (Å²) in [6, 6.07) is 11.9. The van der Waals surface area contributed by atoms with Crippen molar-refractivity contribution in [2.24, 2.45) is 7.05 Å². The molecule has 1 N–H and O–H groups in total. The van der Waals surface area contributed by atoms with Gasteiger partial charge in [0.1, 0.15) is 17.7 Å². The van der Waals surface area contributed by atoms with E-state index in [1.807, 2.05) is 28.4 Å². The number of nitrogens with zero attached hydrogens (tertiary/aromatic N) is 4. The van der Waals surface area contributed by atoms with Crippen molar-refractivity contribution < 1.29 is 9.18 Å². The Balaban J connectivity index is 1.50. The van der Waals surface area contributed by atoms with Gasteiger partial charge in [-0.2, -0.15) is 0 Å². The third-order valence-corrected chi connectivity index (χ3v) is 6.28. The average Bonchev–Trinajstić information content (AvgIpc) is 3.41. The van der Waals surface area contributed by atoms with Crippen molar-refractivity contribution in [1.29, 1.82) is 0 Å². The molecule has 4 rings (SSSR count). The van der Waals surface area contributed by atoms with Crippen LogP contribution in [-0.4, -0.2) is 30.8 Å². The second kappa shape index (κ2) is 9.40. The summed E-state index contributed by atoms with van der Waals surface area (Å²) in [5.74, 6) is 0.242. The quantitative estimate of drug-likeness (QED) is 0.426. The highest BCUT2D eigenvalue weighted by Gasteiger charge is 2.21. The molecule has 8 heteroatoms. The van der Waals surface area contributed by atoms with Gasteiger partial charge in [-0.3, -0.25) is 9.36 Å². The second-order valence-electron chi connectivity index (χ2n) is 7.59. The van der Waals surface area contributed by atoms with E-state index in [4.69, 9.17) is 0 Å². The molecule has 0 saturated heterocycles. The molecule has 2 heterocycles. The first-order chi connectivity index (χ1) is 15.4. The first-order valence-corrected chi connectivity index (χ1v) is 11.2. The minimum absolute atomic E-state index is 0.165. The number of amides is 1. The molecule has 6 nitrogen and oxygen atoms in total. The molecule has 2 aromatic heterocycles. The van der Waals surface area contributed by atoms with Crippen molar-refractivity contribution >= 4 is 17.7 Å². The number of benzene rings is 2. The molecule has 0 radical (unpaired) electrons. The molecule has 2 aromatic carbocycles. The largest absolute Gasteiger partial charge is 0.341 e. The lowest BCUT2D eigenvalue weighted by Gasteiger charge is -2.19. The Labute approximate surface area is 190 Å². The lowest BCUT2D eigenvalue weighted by atomic mass is 10.1. The van der Waals surface area contributed by atoms with Crippen LogP contribution < -0.4 is 5.32 Å². The molecule has 1 amide bonds. The number of aryl methyl sites for hydroxylation is 3. The molecule has 0 bridgehead atoms. The van der Waals surface area contributed by atoms with Crippen LogP contribution in [0.4, 0.5) is 4.39 Å². The van der Waals surface area contributed by atoms with Gasteiger partial charge in [-0.25, -0.2) is 14.4 Å². The van der Waals surface area contributed by atoms with E-state index in [0.717, 1.165) is 10.8 Å². The number of hydrogen-bond donors (Lipinski definition) is 1. The zero-order chi connectivity index (χ0) is 22.7. The highest BCUT2D eigenvalue weighted by atomic mass is 32.2. The predicted octanol–water partition coefficient (Wildman–Crippen LogP) is 4.36. The second-order valence-corrected chi connectivity index (χ2v) is 8.53. The summed E-state index contributed by atoms with van der Waals surface area (Å²) < 4.78 is 17.6. The minimum atomic E-state index is -0.557. The van der Waals surface area contributed by atoms with E-state index in [1.54, 1.807) is 30.7 Å². The Bertz CT molecular complexity index is 1250. The van der Waals surface area contributed by atoms with E-state index < -0.39 is 6.04 Å². The molecule has 0 unspecified atom stereocenters. The Morgan fingerprint density at radius 3 is 2.62 bits per heavy atom. The average molecular weight is 450 g/mol. The first kappa shape index (κ1) is 21.8. The fourth-order valence-electron chi connectivity index (χ4n) is 3.44. The SMILES string of the molecule is Cc1ccc(-n2ccnc2SCC(=O)N[C@H](c2cccc(F)c2)c2nccn2C)cc1C. The molecule has 0 fully saturated rings. The Hall–Kier alpha value is -3.39. The molecule has 0 saturated carbocycles. The summed E-state index contributed by atoms with van der Waals surface area (Å²) in [5, 5.41) is 3.72. The van der Waals surface area contributed by atoms with Gasteiger partial charge in [-0.05, 0) is 54.8 Å². The van der Waals surface area contributed by atoms with Gasteiger partial charge in [0.05, 0.1) is 5.75 Å². The van der Waals surface area contributed by atoms with Crippen LogP contribution in [0.15, 0.2) is 72.4 Å². The number of hydrogen-bond acceptors (Lipinski definition) is 4. The Morgan fingerprint density at radius 2 is 1.91 bits per heavy atom. The number of aromatic nitrogens is 4. The van der Waals surface area contributed by atoms with E-state index in [-0.39, 0.29) is 17.5 Å².